The molecule has 1 heterocycles. The van der Waals surface area contributed by atoms with Gasteiger partial charge in [-0.2, -0.15) is 0 Å². The first-order chi connectivity index (χ1) is 8.61. The zero-order chi connectivity index (χ0) is 12.4. The van der Waals surface area contributed by atoms with Gasteiger partial charge < -0.3 is 10.2 Å². The van der Waals surface area contributed by atoms with Gasteiger partial charge in [-0.3, -0.25) is 4.79 Å². The van der Waals surface area contributed by atoms with E-state index in [1.165, 1.54) is 25.0 Å². The number of oxime groups is 1. The standard InChI is InChI=1S/C14H20N2O2/c1-9(17)15-14-6-13(7-14,8-14)12-5-11(18-16-12)10-3-2-4-10/h10-11H,2-8H2,1H3,(H,15,17). The lowest BCUT2D eigenvalue weighted by Crippen LogP contribution is -2.76. The molecule has 5 rings (SSSR count). The van der Waals surface area contributed by atoms with Gasteiger partial charge in [-0.1, -0.05) is 11.6 Å². The lowest BCUT2D eigenvalue weighted by molar-refractivity contribution is -0.139. The van der Waals surface area contributed by atoms with E-state index < -0.39 is 0 Å². The maximum Gasteiger partial charge on any atom is 0.217 e. The lowest BCUT2D eigenvalue weighted by atomic mass is 9.37. The van der Waals surface area contributed by atoms with Crippen molar-refractivity contribution in [3.05, 3.63) is 0 Å². The van der Waals surface area contributed by atoms with Crippen LogP contribution < -0.4 is 5.32 Å². The molecule has 4 nitrogen and oxygen atoms in total. The maximum atomic E-state index is 11.1. The molecule has 98 valence electrons. The summed E-state index contributed by atoms with van der Waals surface area (Å²) in [6, 6.07) is 0. The molecule has 18 heavy (non-hydrogen) atoms. The number of carbonyl (C=O) groups is 1. The average Bonchev–Trinajstić information content (AvgIpc) is 2.54. The summed E-state index contributed by atoms with van der Waals surface area (Å²) in [6.45, 7) is 1.61. The molecule has 4 saturated carbocycles. The highest BCUT2D eigenvalue weighted by Gasteiger charge is 2.71. The second kappa shape index (κ2) is 3.28. The molecule has 0 radical (unpaired) electrons. The number of rotatable bonds is 3. The Bertz CT molecular complexity index is 419. The van der Waals surface area contributed by atoms with Gasteiger partial charge in [0.1, 0.15) is 6.10 Å². The second-order valence-electron chi connectivity index (χ2n) is 6.85. The highest BCUT2D eigenvalue weighted by molar-refractivity contribution is 5.95. The minimum Gasteiger partial charge on any atom is -0.392 e. The fraction of sp³-hybridized carbons (Fsp3) is 0.857. The Labute approximate surface area is 107 Å². The van der Waals surface area contributed by atoms with E-state index in [1.54, 1.807) is 6.92 Å². The van der Waals surface area contributed by atoms with E-state index in [9.17, 15) is 4.79 Å². The smallest absolute Gasteiger partial charge is 0.217 e. The molecule has 4 heteroatoms. The van der Waals surface area contributed by atoms with Crippen LogP contribution in [-0.2, 0) is 9.63 Å². The molecule has 1 aliphatic heterocycles. The van der Waals surface area contributed by atoms with Crippen LogP contribution in [0, 0.1) is 11.3 Å². The summed E-state index contributed by atoms with van der Waals surface area (Å²) in [5.41, 5.74) is 1.69. The predicted molar refractivity (Wildman–Crippen MR) is 67.1 cm³/mol. The number of nitrogens with one attached hydrogen (secondary N) is 1. The van der Waals surface area contributed by atoms with Crippen LogP contribution in [0.4, 0.5) is 0 Å². The zero-order valence-corrected chi connectivity index (χ0v) is 10.9. The van der Waals surface area contributed by atoms with Crippen LogP contribution in [0.25, 0.3) is 0 Å². The minimum absolute atomic E-state index is 0.0975. The molecule has 1 unspecified atom stereocenters. The molecule has 4 fully saturated rings. The van der Waals surface area contributed by atoms with E-state index in [2.05, 4.69) is 10.5 Å². The van der Waals surface area contributed by atoms with E-state index in [4.69, 9.17) is 4.84 Å². The summed E-state index contributed by atoms with van der Waals surface area (Å²) in [5, 5.41) is 7.46. The number of amides is 1. The summed E-state index contributed by atoms with van der Waals surface area (Å²) < 4.78 is 0. The van der Waals surface area contributed by atoms with Crippen LogP contribution >= 0.6 is 0 Å². The van der Waals surface area contributed by atoms with Gasteiger partial charge in [-0.05, 0) is 38.0 Å². The van der Waals surface area contributed by atoms with Crippen molar-refractivity contribution in [2.45, 2.75) is 63.5 Å². The van der Waals surface area contributed by atoms with Gasteiger partial charge in [-0.25, -0.2) is 0 Å². The fourth-order valence-electron chi connectivity index (χ4n) is 4.37. The van der Waals surface area contributed by atoms with Crippen molar-refractivity contribution in [3.8, 4) is 0 Å². The summed E-state index contributed by atoms with van der Waals surface area (Å²) in [7, 11) is 0. The number of hydrogen-bond donors (Lipinski definition) is 1. The molecule has 0 aromatic rings. The molecule has 1 amide bonds. The van der Waals surface area contributed by atoms with Gasteiger partial charge in [-0.15, -0.1) is 0 Å². The summed E-state index contributed by atoms with van der Waals surface area (Å²) in [6.07, 6.45) is 8.64. The Morgan fingerprint density at radius 2 is 2.11 bits per heavy atom. The van der Waals surface area contributed by atoms with Crippen molar-refractivity contribution in [1.82, 2.24) is 5.32 Å². The molecular weight excluding hydrogens is 228 g/mol. The maximum absolute atomic E-state index is 11.1. The van der Waals surface area contributed by atoms with Crippen LogP contribution in [0.15, 0.2) is 5.16 Å². The van der Waals surface area contributed by atoms with Crippen molar-refractivity contribution in [2.75, 3.05) is 0 Å². The van der Waals surface area contributed by atoms with E-state index in [-0.39, 0.29) is 11.4 Å². The normalized spacial score (nSPS) is 45.2. The molecule has 0 aromatic carbocycles. The molecule has 2 bridgehead atoms. The zero-order valence-electron chi connectivity index (χ0n) is 10.9. The van der Waals surface area contributed by atoms with Gasteiger partial charge >= 0.3 is 0 Å². The quantitative estimate of drug-likeness (QED) is 0.830. The largest absolute Gasteiger partial charge is 0.392 e. The molecule has 1 N–H and O–H groups in total. The Morgan fingerprint density at radius 3 is 2.67 bits per heavy atom. The van der Waals surface area contributed by atoms with Crippen molar-refractivity contribution in [1.29, 1.82) is 0 Å². The number of carbonyl (C=O) groups excluding carboxylic acids is 1. The minimum atomic E-state index is 0.0975. The van der Waals surface area contributed by atoms with E-state index in [1.807, 2.05) is 0 Å². The van der Waals surface area contributed by atoms with Gasteiger partial charge in [0, 0.05) is 24.3 Å². The SMILES string of the molecule is CC(=O)NC12CC(C3=NOC(C4CCC4)C3)(C1)C2. The first-order valence-electron chi connectivity index (χ1n) is 7.13. The van der Waals surface area contributed by atoms with Crippen LogP contribution in [0.2, 0.25) is 0 Å². The lowest BCUT2D eigenvalue weighted by Gasteiger charge is -2.70. The first kappa shape index (κ1) is 10.8. The van der Waals surface area contributed by atoms with Crippen LogP contribution in [0.5, 0.6) is 0 Å². The van der Waals surface area contributed by atoms with Crippen molar-refractivity contribution >= 4 is 11.6 Å². The van der Waals surface area contributed by atoms with Gasteiger partial charge in [0.05, 0.1) is 5.71 Å². The third-order valence-corrected chi connectivity index (χ3v) is 5.45. The van der Waals surface area contributed by atoms with Crippen molar-refractivity contribution in [3.63, 3.8) is 0 Å². The van der Waals surface area contributed by atoms with Crippen LogP contribution in [-0.4, -0.2) is 23.3 Å². The Hall–Kier alpha value is -1.06. The molecule has 0 spiro atoms. The van der Waals surface area contributed by atoms with E-state index in [0.29, 0.717) is 11.5 Å². The molecule has 0 aromatic heterocycles. The monoisotopic (exact) mass is 248 g/mol. The number of hydrogen-bond acceptors (Lipinski definition) is 3. The summed E-state index contributed by atoms with van der Waals surface area (Å²) in [4.78, 5) is 16.8. The average molecular weight is 248 g/mol. The molecular formula is C14H20N2O2. The Morgan fingerprint density at radius 1 is 1.39 bits per heavy atom. The first-order valence-corrected chi connectivity index (χ1v) is 7.13. The highest BCUT2D eigenvalue weighted by Crippen LogP contribution is 2.68. The third kappa shape index (κ3) is 1.32. The molecule has 0 saturated heterocycles. The fourth-order valence-corrected chi connectivity index (χ4v) is 4.37. The van der Waals surface area contributed by atoms with Crippen molar-refractivity contribution < 1.29 is 9.63 Å². The van der Waals surface area contributed by atoms with Gasteiger partial charge in [0.15, 0.2) is 0 Å². The van der Waals surface area contributed by atoms with Crippen molar-refractivity contribution in [2.24, 2.45) is 16.5 Å². The molecule has 5 aliphatic rings. The van der Waals surface area contributed by atoms with Gasteiger partial charge in [0.2, 0.25) is 5.91 Å². The Balaban J connectivity index is 1.36. The predicted octanol–water partition coefficient (Wildman–Crippen LogP) is 1.99. The summed E-state index contributed by atoms with van der Waals surface area (Å²) >= 11 is 0. The highest BCUT2D eigenvalue weighted by atomic mass is 16.6. The van der Waals surface area contributed by atoms with Crippen LogP contribution in [0.3, 0.4) is 0 Å². The molecule has 4 aliphatic carbocycles. The Kier molecular flexibility index (Phi) is 1.97. The van der Waals surface area contributed by atoms with Crippen LogP contribution in [0.1, 0.15) is 51.9 Å². The second-order valence-corrected chi connectivity index (χ2v) is 6.85. The molecule has 1 atom stereocenters. The van der Waals surface area contributed by atoms with E-state index in [0.717, 1.165) is 31.6 Å². The van der Waals surface area contributed by atoms with E-state index >= 15 is 0 Å². The topological polar surface area (TPSA) is 50.7 Å². The summed E-state index contributed by atoms with van der Waals surface area (Å²) in [5.74, 6) is 0.850. The third-order valence-electron chi connectivity index (χ3n) is 5.45. The van der Waals surface area contributed by atoms with Gasteiger partial charge in [0.25, 0.3) is 0 Å². The number of nitrogens with zero attached hydrogens (tertiary/aromatic N) is 1.